The van der Waals surface area contributed by atoms with Crippen molar-refractivity contribution in [2.24, 2.45) is 11.8 Å². The molecule has 1 aliphatic rings. The third-order valence-electron chi connectivity index (χ3n) is 9.68. The van der Waals surface area contributed by atoms with Crippen molar-refractivity contribution in [3.63, 3.8) is 0 Å². The molecule has 246 valence electrons. The minimum Gasteiger partial charge on any atom is -0.469 e. The Morgan fingerprint density at radius 3 is 1.91 bits per heavy atom. The molecule has 0 aromatic heterocycles. The second-order valence-electron chi connectivity index (χ2n) is 13.7. The smallest absolute Gasteiger partial charge is 0.305 e. The van der Waals surface area contributed by atoms with Gasteiger partial charge in [0.05, 0.1) is 19.8 Å². The third kappa shape index (κ3) is 8.58. The van der Waals surface area contributed by atoms with Gasteiger partial charge in [-0.25, -0.2) is 0 Å². The van der Waals surface area contributed by atoms with E-state index in [1.54, 1.807) is 0 Å². The zero-order chi connectivity index (χ0) is 33.1. The summed E-state index contributed by atoms with van der Waals surface area (Å²) in [7, 11) is -1.20. The van der Waals surface area contributed by atoms with Gasteiger partial charge in [0.15, 0.2) is 0 Å². The minimum absolute atomic E-state index is 0.0700. The van der Waals surface area contributed by atoms with Crippen LogP contribution in [0.2, 0.25) is 5.04 Å². The molecule has 0 N–H and O–H groups in total. The van der Waals surface area contributed by atoms with Crippen LogP contribution in [0, 0.1) is 11.8 Å². The zero-order valence-electron chi connectivity index (χ0n) is 28.4. The van der Waals surface area contributed by atoms with E-state index in [2.05, 4.69) is 142 Å². The lowest BCUT2D eigenvalue weighted by Crippen LogP contribution is -2.67. The molecular formula is C42H50O4Si. The van der Waals surface area contributed by atoms with Gasteiger partial charge >= 0.3 is 5.97 Å². The zero-order valence-corrected chi connectivity index (χ0v) is 29.4. The van der Waals surface area contributed by atoms with E-state index >= 15 is 0 Å². The van der Waals surface area contributed by atoms with E-state index in [0.717, 1.165) is 19.3 Å². The molecule has 5 heteroatoms. The molecule has 0 amide bonds. The van der Waals surface area contributed by atoms with Gasteiger partial charge in [-0.2, -0.15) is 0 Å². The summed E-state index contributed by atoms with van der Waals surface area (Å²) in [4.78, 5) is 11.7. The van der Waals surface area contributed by atoms with Gasteiger partial charge in [0.2, 0.25) is 0 Å². The predicted octanol–water partition coefficient (Wildman–Crippen LogP) is 8.74. The van der Waals surface area contributed by atoms with Crippen molar-refractivity contribution in [3.05, 3.63) is 133 Å². The maximum absolute atomic E-state index is 11.7. The molecule has 3 atom stereocenters. The van der Waals surface area contributed by atoms with Crippen LogP contribution in [-0.2, 0) is 25.3 Å². The first-order valence-corrected chi connectivity index (χ1v) is 19.0. The Bertz CT molecular complexity index is 1510. The molecule has 0 aliphatic heterocycles. The minimum atomic E-state index is -2.64. The molecular weight excluding hydrogens is 597 g/mol. The van der Waals surface area contributed by atoms with Crippen LogP contribution in [0.1, 0.15) is 58.4 Å². The highest BCUT2D eigenvalue weighted by Gasteiger charge is 2.51. The van der Waals surface area contributed by atoms with Crippen LogP contribution in [0.4, 0.5) is 0 Å². The standard InChI is InChI=1S/C42H50O4Si/c1-42(2,3)47(37-19-11-6-12-20-37,38-21-13-7-14-22-38)46-32-36-29-30-40(39(36)23-15-8-16-24-41(43)44-4)45-31-33-25-27-35(28-26-33)34-17-9-5-10-18-34/h5-15,17-22,25-28,36,39-40H,16,23-24,29-32H2,1-4H3/t36-,39-,40+/m1/s1. The fourth-order valence-corrected chi connectivity index (χ4v) is 11.8. The number of ether oxygens (including phenoxy) is 2. The second-order valence-corrected chi connectivity index (χ2v) is 18.0. The first kappa shape index (κ1) is 34.6. The first-order chi connectivity index (χ1) is 22.8. The van der Waals surface area contributed by atoms with Crippen LogP contribution < -0.4 is 10.4 Å². The summed E-state index contributed by atoms with van der Waals surface area (Å²) in [5.41, 5.74) is 3.62. The van der Waals surface area contributed by atoms with Crippen molar-refractivity contribution < 1.29 is 18.7 Å². The van der Waals surface area contributed by atoms with Crippen LogP contribution in [0.15, 0.2) is 127 Å². The van der Waals surface area contributed by atoms with E-state index in [0.29, 0.717) is 37.9 Å². The maximum Gasteiger partial charge on any atom is 0.305 e. The summed E-state index contributed by atoms with van der Waals surface area (Å²) in [6.45, 7) is 8.29. The molecule has 0 unspecified atom stereocenters. The van der Waals surface area contributed by atoms with Gasteiger partial charge in [0.25, 0.3) is 8.32 Å². The summed E-state index contributed by atoms with van der Waals surface area (Å²) in [6, 6.07) is 41.0. The molecule has 4 aromatic carbocycles. The number of rotatable bonds is 14. The fraction of sp³-hybridized carbons (Fsp3) is 0.357. The van der Waals surface area contributed by atoms with E-state index in [4.69, 9.17) is 13.9 Å². The van der Waals surface area contributed by atoms with Crippen molar-refractivity contribution in [2.75, 3.05) is 13.7 Å². The van der Waals surface area contributed by atoms with Gasteiger partial charge in [0.1, 0.15) is 0 Å². The Balaban J connectivity index is 1.34. The molecule has 0 bridgehead atoms. The van der Waals surface area contributed by atoms with Crippen molar-refractivity contribution in [2.45, 2.75) is 70.6 Å². The average molecular weight is 647 g/mol. The molecule has 1 aliphatic carbocycles. The molecule has 0 saturated heterocycles. The Hall–Kier alpha value is -3.77. The second kappa shape index (κ2) is 16.4. The summed E-state index contributed by atoms with van der Waals surface area (Å²) in [6.07, 6.45) is 8.55. The molecule has 0 radical (unpaired) electrons. The van der Waals surface area contributed by atoms with Crippen molar-refractivity contribution in [1.82, 2.24) is 0 Å². The third-order valence-corrected chi connectivity index (χ3v) is 14.7. The van der Waals surface area contributed by atoms with Crippen molar-refractivity contribution >= 4 is 24.7 Å². The van der Waals surface area contributed by atoms with Gasteiger partial charge < -0.3 is 13.9 Å². The molecule has 4 nitrogen and oxygen atoms in total. The number of hydrogen-bond donors (Lipinski definition) is 0. The van der Waals surface area contributed by atoms with Gasteiger partial charge in [-0.15, -0.1) is 0 Å². The van der Waals surface area contributed by atoms with Crippen molar-refractivity contribution in [1.29, 1.82) is 0 Å². The molecule has 4 aromatic rings. The van der Waals surface area contributed by atoms with E-state index in [1.807, 2.05) is 6.07 Å². The Morgan fingerprint density at radius 1 is 0.766 bits per heavy atom. The Morgan fingerprint density at radius 2 is 1.34 bits per heavy atom. The summed E-state index contributed by atoms with van der Waals surface area (Å²) >= 11 is 0. The number of benzene rings is 4. The lowest BCUT2D eigenvalue weighted by atomic mass is 9.92. The SMILES string of the molecule is COC(=O)CCC=CC[C@@H]1[C@@H](CO[Si](c2ccccc2)(c2ccccc2)C(C)(C)C)CC[C@@H]1OCc1ccc(-c2ccccc2)cc1. The van der Waals surface area contributed by atoms with Crippen LogP contribution in [0.3, 0.4) is 0 Å². The van der Waals surface area contributed by atoms with E-state index in [9.17, 15) is 4.79 Å². The molecule has 0 heterocycles. The Labute approximate surface area is 282 Å². The molecule has 1 saturated carbocycles. The topological polar surface area (TPSA) is 44.8 Å². The van der Waals surface area contributed by atoms with Gasteiger partial charge in [0, 0.05) is 13.0 Å². The average Bonchev–Trinajstić information content (AvgIpc) is 3.49. The monoisotopic (exact) mass is 646 g/mol. The maximum atomic E-state index is 11.7. The van der Waals surface area contributed by atoms with Crippen LogP contribution in [-0.4, -0.2) is 34.1 Å². The molecule has 0 spiro atoms. The van der Waals surface area contributed by atoms with Crippen LogP contribution >= 0.6 is 0 Å². The predicted molar refractivity (Wildman–Crippen MR) is 195 cm³/mol. The summed E-state index contributed by atoms with van der Waals surface area (Å²) in [5, 5.41) is 2.55. The number of methoxy groups -OCH3 is 1. The number of carbonyl (C=O) groups is 1. The molecule has 1 fully saturated rings. The van der Waals surface area contributed by atoms with E-state index in [1.165, 1.54) is 34.2 Å². The number of esters is 1. The van der Waals surface area contributed by atoms with Gasteiger partial charge in [-0.1, -0.05) is 148 Å². The highest BCUT2D eigenvalue weighted by Crippen LogP contribution is 2.41. The quantitative estimate of drug-likeness (QED) is 0.0781. The highest BCUT2D eigenvalue weighted by molar-refractivity contribution is 6.99. The number of allylic oxidation sites excluding steroid dienone is 2. The van der Waals surface area contributed by atoms with E-state index in [-0.39, 0.29) is 17.1 Å². The molecule has 47 heavy (non-hydrogen) atoms. The fourth-order valence-electron chi connectivity index (χ4n) is 7.16. The van der Waals surface area contributed by atoms with Gasteiger partial charge in [-0.3, -0.25) is 4.79 Å². The van der Waals surface area contributed by atoms with Crippen molar-refractivity contribution in [3.8, 4) is 11.1 Å². The highest BCUT2D eigenvalue weighted by atomic mass is 28.4. The van der Waals surface area contributed by atoms with Gasteiger partial charge in [-0.05, 0) is 69.6 Å². The Kier molecular flexibility index (Phi) is 12.0. The summed E-state index contributed by atoms with van der Waals surface area (Å²) in [5.74, 6) is 0.519. The van der Waals surface area contributed by atoms with Crippen LogP contribution in [0.5, 0.6) is 0 Å². The number of hydrogen-bond acceptors (Lipinski definition) is 4. The first-order valence-electron chi connectivity index (χ1n) is 17.0. The largest absolute Gasteiger partial charge is 0.469 e. The van der Waals surface area contributed by atoms with E-state index < -0.39 is 8.32 Å². The lowest BCUT2D eigenvalue weighted by Gasteiger charge is -2.44. The lowest BCUT2D eigenvalue weighted by molar-refractivity contribution is -0.140. The number of carbonyl (C=O) groups excluding carboxylic acids is 1. The molecule has 5 rings (SSSR count). The van der Waals surface area contributed by atoms with Crippen LogP contribution in [0.25, 0.3) is 11.1 Å². The normalized spacial score (nSPS) is 18.4. The summed E-state index contributed by atoms with van der Waals surface area (Å²) < 4.78 is 19.0.